The van der Waals surface area contributed by atoms with Crippen molar-refractivity contribution in [3.05, 3.63) is 34.6 Å². The summed E-state index contributed by atoms with van der Waals surface area (Å²) in [6, 6.07) is 8.15. The van der Waals surface area contributed by atoms with Gasteiger partial charge in [0.05, 0.1) is 0 Å². The average molecular weight is 374 g/mol. The van der Waals surface area contributed by atoms with E-state index in [4.69, 9.17) is 12.2 Å². The highest BCUT2D eigenvalue weighted by Gasteiger charge is 2.17. The first kappa shape index (κ1) is 18.8. The summed E-state index contributed by atoms with van der Waals surface area (Å²) in [6.07, 6.45) is 3.83. The Labute approximate surface area is 159 Å². The van der Waals surface area contributed by atoms with Crippen LogP contribution in [0.5, 0.6) is 0 Å². The van der Waals surface area contributed by atoms with Crippen molar-refractivity contribution >= 4 is 18.1 Å². The first-order valence-corrected chi connectivity index (χ1v) is 9.68. The van der Waals surface area contributed by atoms with Gasteiger partial charge in [0.2, 0.25) is 5.91 Å². The van der Waals surface area contributed by atoms with E-state index in [0.29, 0.717) is 10.6 Å². The second kappa shape index (κ2) is 8.60. The third-order valence-corrected chi connectivity index (χ3v) is 5.07. The molecule has 140 valence electrons. The van der Waals surface area contributed by atoms with Crippen LogP contribution in [0.1, 0.15) is 31.7 Å². The number of benzene rings is 1. The standard InChI is InChI=1S/C19H27N5OS/c1-14-6-8-16(9-7-14)18-21-22-19(26)24(18)13-17(25)20-15(2)12-23-10-4-3-5-11-23/h6-9,15H,3-5,10-13H2,1-2H3,(H,20,25)(H,22,26). The number of aromatic amines is 1. The Kier molecular flexibility index (Phi) is 6.21. The van der Waals surface area contributed by atoms with Crippen LogP contribution in [0, 0.1) is 11.7 Å². The summed E-state index contributed by atoms with van der Waals surface area (Å²) < 4.78 is 2.21. The number of nitrogens with zero attached hydrogens (tertiary/aromatic N) is 3. The van der Waals surface area contributed by atoms with Gasteiger partial charge in [0.1, 0.15) is 6.54 Å². The largest absolute Gasteiger partial charge is 0.351 e. The summed E-state index contributed by atoms with van der Waals surface area (Å²) in [5.41, 5.74) is 2.12. The highest BCUT2D eigenvalue weighted by molar-refractivity contribution is 7.71. The lowest BCUT2D eigenvalue weighted by Crippen LogP contribution is -2.44. The molecule has 2 N–H and O–H groups in total. The molecule has 2 heterocycles. The Bertz CT molecular complexity index is 789. The van der Waals surface area contributed by atoms with Crippen LogP contribution >= 0.6 is 12.2 Å². The van der Waals surface area contributed by atoms with E-state index < -0.39 is 0 Å². The van der Waals surface area contributed by atoms with E-state index in [9.17, 15) is 4.79 Å². The van der Waals surface area contributed by atoms with Crippen molar-refractivity contribution in [3.8, 4) is 11.4 Å². The first-order chi connectivity index (χ1) is 12.5. The Morgan fingerprint density at radius 2 is 1.96 bits per heavy atom. The van der Waals surface area contributed by atoms with Crippen molar-refractivity contribution in [1.82, 2.24) is 25.0 Å². The molecule has 1 fully saturated rings. The fourth-order valence-corrected chi connectivity index (χ4v) is 3.62. The predicted octanol–water partition coefficient (Wildman–Crippen LogP) is 2.91. The number of rotatable bonds is 6. The van der Waals surface area contributed by atoms with E-state index in [2.05, 4.69) is 27.3 Å². The second-order valence-electron chi connectivity index (χ2n) is 7.13. The molecule has 0 aliphatic carbocycles. The summed E-state index contributed by atoms with van der Waals surface area (Å²) in [7, 11) is 0. The minimum atomic E-state index is -0.0413. The van der Waals surface area contributed by atoms with Gasteiger partial charge in [-0.25, -0.2) is 0 Å². The summed E-state index contributed by atoms with van der Waals surface area (Å²) in [5.74, 6) is 0.647. The van der Waals surface area contributed by atoms with Crippen molar-refractivity contribution < 1.29 is 4.79 Å². The molecule has 7 heteroatoms. The van der Waals surface area contributed by atoms with Crippen LogP contribution < -0.4 is 5.32 Å². The van der Waals surface area contributed by atoms with E-state index in [1.165, 1.54) is 24.8 Å². The van der Waals surface area contributed by atoms with Gasteiger partial charge >= 0.3 is 0 Å². The fraction of sp³-hybridized carbons (Fsp3) is 0.526. The van der Waals surface area contributed by atoms with Crippen molar-refractivity contribution in [2.24, 2.45) is 0 Å². The molecule has 1 atom stereocenters. The Hall–Kier alpha value is -1.99. The highest BCUT2D eigenvalue weighted by Crippen LogP contribution is 2.18. The van der Waals surface area contributed by atoms with Crippen LogP contribution in [0.2, 0.25) is 0 Å². The second-order valence-corrected chi connectivity index (χ2v) is 7.52. The lowest BCUT2D eigenvalue weighted by atomic mass is 10.1. The third kappa shape index (κ3) is 4.80. The normalized spacial score (nSPS) is 16.4. The monoisotopic (exact) mass is 373 g/mol. The topological polar surface area (TPSA) is 66.0 Å². The fourth-order valence-electron chi connectivity index (χ4n) is 3.43. The van der Waals surface area contributed by atoms with E-state index in [1.807, 2.05) is 31.2 Å². The molecule has 6 nitrogen and oxygen atoms in total. The number of likely N-dealkylation sites (tertiary alicyclic amines) is 1. The van der Waals surface area contributed by atoms with Gasteiger partial charge in [0.15, 0.2) is 10.6 Å². The minimum absolute atomic E-state index is 0.0413. The quantitative estimate of drug-likeness (QED) is 0.764. The number of carbonyl (C=O) groups excluding carboxylic acids is 1. The number of carbonyl (C=O) groups is 1. The molecule has 26 heavy (non-hydrogen) atoms. The molecule has 1 aromatic heterocycles. The molecule has 1 saturated heterocycles. The maximum absolute atomic E-state index is 12.5. The molecule has 0 spiro atoms. The smallest absolute Gasteiger partial charge is 0.240 e. The predicted molar refractivity (Wildman–Crippen MR) is 105 cm³/mol. The third-order valence-electron chi connectivity index (χ3n) is 4.76. The number of piperidine rings is 1. The summed E-state index contributed by atoms with van der Waals surface area (Å²) >= 11 is 5.32. The van der Waals surface area contributed by atoms with Crippen molar-refractivity contribution in [2.45, 2.75) is 45.7 Å². The van der Waals surface area contributed by atoms with Gasteiger partial charge < -0.3 is 10.2 Å². The van der Waals surface area contributed by atoms with Crippen LogP contribution in [-0.2, 0) is 11.3 Å². The molecule has 0 bridgehead atoms. The Morgan fingerprint density at radius 3 is 2.65 bits per heavy atom. The lowest BCUT2D eigenvalue weighted by Gasteiger charge is -2.29. The van der Waals surface area contributed by atoms with Gasteiger partial charge in [-0.05, 0) is 52.0 Å². The van der Waals surface area contributed by atoms with Gasteiger partial charge in [-0.1, -0.05) is 36.2 Å². The molecule has 0 radical (unpaired) electrons. The van der Waals surface area contributed by atoms with Crippen molar-refractivity contribution in [1.29, 1.82) is 0 Å². The molecular formula is C19H27N5OS. The van der Waals surface area contributed by atoms with Gasteiger partial charge in [-0.3, -0.25) is 14.5 Å². The van der Waals surface area contributed by atoms with Gasteiger partial charge in [0.25, 0.3) is 0 Å². The number of amides is 1. The first-order valence-electron chi connectivity index (χ1n) is 9.27. The molecule has 1 aromatic carbocycles. The Morgan fingerprint density at radius 1 is 1.27 bits per heavy atom. The van der Waals surface area contributed by atoms with Gasteiger partial charge in [0, 0.05) is 18.2 Å². The summed E-state index contributed by atoms with van der Waals surface area (Å²) in [6.45, 7) is 7.42. The van der Waals surface area contributed by atoms with E-state index in [-0.39, 0.29) is 18.5 Å². The number of nitrogens with one attached hydrogen (secondary N) is 2. The molecule has 1 aliphatic heterocycles. The lowest BCUT2D eigenvalue weighted by molar-refractivity contribution is -0.122. The molecule has 2 aromatic rings. The summed E-state index contributed by atoms with van der Waals surface area (Å²) in [5, 5.41) is 10.2. The zero-order valence-corrected chi connectivity index (χ0v) is 16.3. The molecular weight excluding hydrogens is 346 g/mol. The maximum Gasteiger partial charge on any atom is 0.240 e. The Balaban J connectivity index is 1.63. The SMILES string of the molecule is Cc1ccc(-c2n[nH]c(=S)n2CC(=O)NC(C)CN2CCCCC2)cc1. The van der Waals surface area contributed by atoms with Crippen LogP contribution in [-0.4, -0.2) is 51.2 Å². The van der Waals surface area contributed by atoms with Crippen LogP contribution in [0.25, 0.3) is 11.4 Å². The van der Waals surface area contributed by atoms with E-state index >= 15 is 0 Å². The number of aromatic nitrogens is 3. The molecule has 1 unspecified atom stereocenters. The van der Waals surface area contributed by atoms with Crippen molar-refractivity contribution in [2.75, 3.05) is 19.6 Å². The van der Waals surface area contributed by atoms with Gasteiger partial charge in [-0.2, -0.15) is 5.10 Å². The summed E-state index contributed by atoms with van der Waals surface area (Å²) in [4.78, 5) is 14.9. The highest BCUT2D eigenvalue weighted by atomic mass is 32.1. The molecule has 1 amide bonds. The number of hydrogen-bond acceptors (Lipinski definition) is 4. The number of H-pyrrole nitrogens is 1. The number of hydrogen-bond donors (Lipinski definition) is 2. The van der Waals surface area contributed by atoms with Crippen LogP contribution in [0.4, 0.5) is 0 Å². The van der Waals surface area contributed by atoms with Crippen LogP contribution in [0.15, 0.2) is 24.3 Å². The number of aryl methyl sites for hydroxylation is 1. The van der Waals surface area contributed by atoms with E-state index in [1.54, 1.807) is 4.57 Å². The average Bonchev–Trinajstić information content (AvgIpc) is 2.97. The zero-order valence-electron chi connectivity index (χ0n) is 15.5. The zero-order chi connectivity index (χ0) is 18.5. The van der Waals surface area contributed by atoms with E-state index in [0.717, 1.165) is 25.2 Å². The maximum atomic E-state index is 12.5. The molecule has 0 saturated carbocycles. The minimum Gasteiger partial charge on any atom is -0.351 e. The molecule has 3 rings (SSSR count). The van der Waals surface area contributed by atoms with Crippen molar-refractivity contribution in [3.63, 3.8) is 0 Å². The van der Waals surface area contributed by atoms with Crippen LogP contribution in [0.3, 0.4) is 0 Å². The molecule has 1 aliphatic rings. The van der Waals surface area contributed by atoms with Gasteiger partial charge in [-0.15, -0.1) is 0 Å².